The van der Waals surface area contributed by atoms with Crippen LogP contribution < -0.4 is 10.6 Å². The third-order valence-electron chi connectivity index (χ3n) is 6.37. The maximum atomic E-state index is 3.99. The lowest BCUT2D eigenvalue weighted by Gasteiger charge is -2.66. The fourth-order valence-electron chi connectivity index (χ4n) is 5.08. The molecule has 2 aromatic rings. The van der Waals surface area contributed by atoms with Crippen molar-refractivity contribution in [2.45, 2.75) is 43.2 Å². The Kier molecular flexibility index (Phi) is 3.60. The second-order valence-electron chi connectivity index (χ2n) is 7.52. The number of hydrogen-bond acceptors (Lipinski definition) is 2. The summed E-state index contributed by atoms with van der Waals surface area (Å²) in [6.07, 6.45) is 6.56. The van der Waals surface area contributed by atoms with Crippen LogP contribution >= 0.6 is 45.2 Å². The van der Waals surface area contributed by atoms with Gasteiger partial charge in [0.05, 0.1) is 5.54 Å². The van der Waals surface area contributed by atoms with Crippen molar-refractivity contribution in [2.24, 2.45) is 5.92 Å². The molecule has 0 aromatic heterocycles. The summed E-state index contributed by atoms with van der Waals surface area (Å²) in [5, 5.41) is 7.94. The maximum Gasteiger partial charge on any atom is 0.0695 e. The Hall–Kier alpha value is -0.500. The van der Waals surface area contributed by atoms with E-state index in [1.165, 1.54) is 56.2 Å². The molecule has 2 atom stereocenters. The van der Waals surface area contributed by atoms with Crippen LogP contribution in [0.3, 0.4) is 0 Å². The fraction of sp³-hybridized carbons (Fsp3) is 0.400. The van der Waals surface area contributed by atoms with E-state index >= 15 is 0 Å². The molecule has 0 amide bonds. The van der Waals surface area contributed by atoms with Crippen molar-refractivity contribution in [1.29, 1.82) is 0 Å². The fourth-order valence-corrected chi connectivity index (χ4v) is 6.12. The van der Waals surface area contributed by atoms with Gasteiger partial charge in [-0.2, -0.15) is 0 Å². The standard InChI is InChI=1S/C20H20I2N2/c21-13-3-1-4-15(11-13)23-20-10-7-18(20)19(8-2-9-19)24-17-12-14(22)5-6-16(17)20/h1,3-6,11-12,18,23-24H,2,7-10H2. The summed E-state index contributed by atoms with van der Waals surface area (Å²) in [5.41, 5.74) is 4.51. The van der Waals surface area contributed by atoms with Crippen LogP contribution in [0.5, 0.6) is 0 Å². The maximum absolute atomic E-state index is 3.99. The van der Waals surface area contributed by atoms with Crippen molar-refractivity contribution >= 4 is 56.6 Å². The van der Waals surface area contributed by atoms with Crippen LogP contribution in [0.25, 0.3) is 0 Å². The first kappa shape index (κ1) is 15.7. The first-order valence-electron chi connectivity index (χ1n) is 8.73. The zero-order valence-electron chi connectivity index (χ0n) is 13.4. The van der Waals surface area contributed by atoms with Gasteiger partial charge < -0.3 is 10.6 Å². The molecule has 4 heteroatoms. The molecule has 2 aliphatic carbocycles. The van der Waals surface area contributed by atoms with Gasteiger partial charge in [0.1, 0.15) is 0 Å². The molecule has 124 valence electrons. The third-order valence-corrected chi connectivity index (χ3v) is 7.71. The Labute approximate surface area is 170 Å². The van der Waals surface area contributed by atoms with Crippen LogP contribution in [0.2, 0.25) is 0 Å². The molecule has 2 unspecified atom stereocenters. The number of benzene rings is 2. The first-order valence-corrected chi connectivity index (χ1v) is 10.9. The van der Waals surface area contributed by atoms with E-state index in [0.717, 1.165) is 0 Å². The van der Waals surface area contributed by atoms with Crippen LogP contribution in [-0.4, -0.2) is 5.54 Å². The van der Waals surface area contributed by atoms with Crippen molar-refractivity contribution in [3.05, 3.63) is 55.2 Å². The largest absolute Gasteiger partial charge is 0.379 e. The van der Waals surface area contributed by atoms with Gasteiger partial charge in [0.25, 0.3) is 0 Å². The normalized spacial score (nSPS) is 28.8. The highest BCUT2D eigenvalue weighted by atomic mass is 127. The average molecular weight is 542 g/mol. The van der Waals surface area contributed by atoms with Gasteiger partial charge in [0.15, 0.2) is 0 Å². The molecule has 0 saturated heterocycles. The monoisotopic (exact) mass is 542 g/mol. The molecule has 0 bridgehead atoms. The van der Waals surface area contributed by atoms with Crippen molar-refractivity contribution in [1.82, 2.24) is 0 Å². The first-order chi connectivity index (χ1) is 11.6. The summed E-state index contributed by atoms with van der Waals surface area (Å²) in [4.78, 5) is 0. The number of nitrogens with one attached hydrogen (secondary N) is 2. The summed E-state index contributed by atoms with van der Waals surface area (Å²) >= 11 is 4.83. The van der Waals surface area contributed by atoms with Gasteiger partial charge in [0.2, 0.25) is 0 Å². The van der Waals surface area contributed by atoms with Gasteiger partial charge >= 0.3 is 0 Å². The minimum atomic E-state index is 0.107. The summed E-state index contributed by atoms with van der Waals surface area (Å²) in [6.45, 7) is 0. The molecule has 24 heavy (non-hydrogen) atoms. The molecule has 2 saturated carbocycles. The van der Waals surface area contributed by atoms with E-state index in [0.29, 0.717) is 11.5 Å². The summed E-state index contributed by atoms with van der Waals surface area (Å²) in [5.74, 6) is 0.698. The molecular weight excluding hydrogens is 522 g/mol. The molecular formula is C20H20I2N2. The zero-order chi connectivity index (χ0) is 16.4. The van der Waals surface area contributed by atoms with E-state index in [2.05, 4.69) is 98.3 Å². The number of rotatable bonds is 2. The minimum Gasteiger partial charge on any atom is -0.379 e. The van der Waals surface area contributed by atoms with Gasteiger partial charge in [-0.15, -0.1) is 0 Å². The number of anilines is 2. The van der Waals surface area contributed by atoms with Crippen molar-refractivity contribution in [3.8, 4) is 0 Å². The summed E-state index contributed by atoms with van der Waals surface area (Å²) in [7, 11) is 0. The molecule has 1 heterocycles. The predicted molar refractivity (Wildman–Crippen MR) is 117 cm³/mol. The molecule has 2 nitrogen and oxygen atoms in total. The lowest BCUT2D eigenvalue weighted by atomic mass is 9.48. The molecule has 3 aliphatic rings. The van der Waals surface area contributed by atoms with Crippen molar-refractivity contribution < 1.29 is 0 Å². The Bertz CT molecular complexity index is 815. The highest BCUT2D eigenvalue weighted by molar-refractivity contribution is 14.1. The lowest BCUT2D eigenvalue weighted by Crippen LogP contribution is -2.68. The smallest absolute Gasteiger partial charge is 0.0695 e. The average Bonchev–Trinajstić information content (AvgIpc) is 2.49. The van der Waals surface area contributed by atoms with Crippen LogP contribution in [0.4, 0.5) is 11.4 Å². The Morgan fingerprint density at radius 3 is 2.50 bits per heavy atom. The highest BCUT2D eigenvalue weighted by Crippen LogP contribution is 2.63. The van der Waals surface area contributed by atoms with Gasteiger partial charge in [-0.05, 0) is 108 Å². The van der Waals surface area contributed by atoms with E-state index in [-0.39, 0.29) is 5.54 Å². The highest BCUT2D eigenvalue weighted by Gasteiger charge is 2.62. The van der Waals surface area contributed by atoms with Crippen molar-refractivity contribution in [2.75, 3.05) is 10.6 Å². The van der Waals surface area contributed by atoms with Crippen molar-refractivity contribution in [3.63, 3.8) is 0 Å². The number of fused-ring (bicyclic) bond motifs is 4. The topological polar surface area (TPSA) is 24.1 Å². The Morgan fingerprint density at radius 1 is 1.00 bits per heavy atom. The lowest BCUT2D eigenvalue weighted by molar-refractivity contribution is 0.0197. The van der Waals surface area contributed by atoms with E-state index in [1.807, 2.05) is 0 Å². The van der Waals surface area contributed by atoms with Gasteiger partial charge in [-0.1, -0.05) is 12.1 Å². The minimum absolute atomic E-state index is 0.107. The Balaban J connectivity index is 1.63. The van der Waals surface area contributed by atoms with Crippen LogP contribution in [-0.2, 0) is 5.54 Å². The Morgan fingerprint density at radius 2 is 1.83 bits per heavy atom. The zero-order valence-corrected chi connectivity index (χ0v) is 17.7. The molecule has 2 aromatic carbocycles. The second-order valence-corrected chi connectivity index (χ2v) is 10.0. The van der Waals surface area contributed by atoms with Gasteiger partial charge in [-0.25, -0.2) is 0 Å². The van der Waals surface area contributed by atoms with E-state index < -0.39 is 0 Å². The number of hydrogen-bond donors (Lipinski definition) is 2. The van der Waals surface area contributed by atoms with Crippen LogP contribution in [0.1, 0.15) is 37.7 Å². The molecule has 1 aliphatic heterocycles. The molecule has 2 N–H and O–H groups in total. The quantitative estimate of drug-likeness (QED) is 0.458. The van der Waals surface area contributed by atoms with Gasteiger partial charge in [-0.3, -0.25) is 0 Å². The number of halogens is 2. The van der Waals surface area contributed by atoms with E-state index in [1.54, 1.807) is 0 Å². The molecule has 2 fully saturated rings. The third kappa shape index (κ3) is 2.17. The van der Waals surface area contributed by atoms with E-state index in [4.69, 9.17) is 0 Å². The van der Waals surface area contributed by atoms with Crippen LogP contribution in [0, 0.1) is 13.1 Å². The predicted octanol–water partition coefficient (Wildman–Crippen LogP) is 5.96. The summed E-state index contributed by atoms with van der Waals surface area (Å²) < 4.78 is 2.61. The second kappa shape index (κ2) is 5.50. The molecule has 0 radical (unpaired) electrons. The molecule has 1 spiro atoms. The molecule has 5 rings (SSSR count). The van der Waals surface area contributed by atoms with Crippen LogP contribution in [0.15, 0.2) is 42.5 Å². The summed E-state index contributed by atoms with van der Waals surface area (Å²) in [6, 6.07) is 15.7. The van der Waals surface area contributed by atoms with E-state index in [9.17, 15) is 0 Å². The SMILES string of the molecule is Ic1cccc(NC23CCC2C2(CCC2)Nc2cc(I)ccc23)c1. The van der Waals surface area contributed by atoms with Gasteiger partial charge in [0, 0.05) is 35.5 Å².